The molecule has 0 spiro atoms. The molecule has 0 aliphatic carbocycles. The van der Waals surface area contributed by atoms with E-state index in [1.807, 2.05) is 47.2 Å². The third-order valence-electron chi connectivity index (χ3n) is 5.60. The van der Waals surface area contributed by atoms with E-state index < -0.39 is 0 Å². The maximum atomic E-state index is 11.3. The van der Waals surface area contributed by atoms with Crippen molar-refractivity contribution in [3.8, 4) is 5.69 Å². The molecule has 32 heavy (non-hydrogen) atoms. The maximum absolute atomic E-state index is 11.3. The summed E-state index contributed by atoms with van der Waals surface area (Å²) in [6.45, 7) is 1.74. The zero-order chi connectivity index (χ0) is 22.7. The van der Waals surface area contributed by atoms with Crippen LogP contribution in [0.25, 0.3) is 5.69 Å². The van der Waals surface area contributed by atoms with E-state index in [1.54, 1.807) is 18.3 Å². The monoisotopic (exact) mass is 450 g/mol. The Morgan fingerprint density at radius 1 is 1.19 bits per heavy atom. The summed E-state index contributed by atoms with van der Waals surface area (Å²) in [5.41, 5.74) is 2.71. The van der Waals surface area contributed by atoms with Gasteiger partial charge in [-0.2, -0.15) is 0 Å². The van der Waals surface area contributed by atoms with Gasteiger partial charge in [0.05, 0.1) is 28.4 Å². The van der Waals surface area contributed by atoms with Crippen molar-refractivity contribution < 1.29 is 4.92 Å². The molecule has 0 radical (unpaired) electrons. The van der Waals surface area contributed by atoms with Gasteiger partial charge in [-0.15, -0.1) is 0 Å². The molecule has 0 bridgehead atoms. The predicted molar refractivity (Wildman–Crippen MR) is 128 cm³/mol. The molecule has 1 N–H and O–H groups in total. The molecule has 9 heteroatoms. The van der Waals surface area contributed by atoms with Gasteiger partial charge in [-0.3, -0.25) is 15.1 Å². The van der Waals surface area contributed by atoms with E-state index in [9.17, 15) is 10.1 Å². The van der Waals surface area contributed by atoms with Crippen molar-refractivity contribution in [1.29, 1.82) is 0 Å². The van der Waals surface area contributed by atoms with E-state index in [1.165, 1.54) is 6.07 Å². The third kappa shape index (κ3) is 4.49. The summed E-state index contributed by atoms with van der Waals surface area (Å²) >= 11 is 5.74. The Balaban J connectivity index is 1.75. The second-order valence-corrected chi connectivity index (χ2v) is 8.44. The second-order valence-electron chi connectivity index (χ2n) is 8.06. The van der Waals surface area contributed by atoms with Crippen LogP contribution in [0.1, 0.15) is 29.9 Å². The van der Waals surface area contributed by atoms with Gasteiger partial charge in [-0.25, -0.2) is 0 Å². The van der Waals surface area contributed by atoms with Crippen LogP contribution in [-0.4, -0.2) is 56.6 Å². The zero-order valence-electron chi connectivity index (χ0n) is 18.1. The number of aromatic nitrogens is 2. The fourth-order valence-corrected chi connectivity index (χ4v) is 4.48. The minimum Gasteiger partial charge on any atom is -0.352 e. The highest BCUT2D eigenvalue weighted by atomic mass is 32.1. The van der Waals surface area contributed by atoms with Crippen LogP contribution in [0, 0.1) is 10.1 Å². The summed E-state index contributed by atoms with van der Waals surface area (Å²) in [4.78, 5) is 19.9. The third-order valence-corrected chi connectivity index (χ3v) is 5.96. The smallest absolute Gasteiger partial charge is 0.271 e. The highest BCUT2D eigenvalue weighted by Gasteiger charge is 2.41. The molecule has 3 heterocycles. The van der Waals surface area contributed by atoms with Crippen molar-refractivity contribution >= 4 is 23.0 Å². The number of nitro groups is 1. The minimum absolute atomic E-state index is 0.0614. The van der Waals surface area contributed by atoms with Crippen LogP contribution >= 0.6 is 12.2 Å². The van der Waals surface area contributed by atoms with Crippen LogP contribution in [0.5, 0.6) is 0 Å². The predicted octanol–water partition coefficient (Wildman–Crippen LogP) is 3.70. The summed E-state index contributed by atoms with van der Waals surface area (Å²) in [5.74, 6) is 0. The van der Waals surface area contributed by atoms with Crippen molar-refractivity contribution in [2.75, 3.05) is 27.2 Å². The highest BCUT2D eigenvalue weighted by molar-refractivity contribution is 7.80. The normalized spacial score (nSPS) is 18.2. The zero-order valence-corrected chi connectivity index (χ0v) is 18.9. The van der Waals surface area contributed by atoms with Crippen molar-refractivity contribution in [3.05, 3.63) is 88.5 Å². The molecule has 166 valence electrons. The fourth-order valence-electron chi connectivity index (χ4n) is 4.15. The maximum Gasteiger partial charge on any atom is 0.271 e. The van der Waals surface area contributed by atoms with Gasteiger partial charge < -0.3 is 19.7 Å². The van der Waals surface area contributed by atoms with Crippen LogP contribution in [0.3, 0.4) is 0 Å². The Hall–Kier alpha value is -3.30. The lowest BCUT2D eigenvalue weighted by Crippen LogP contribution is -2.33. The van der Waals surface area contributed by atoms with Gasteiger partial charge in [0, 0.05) is 36.8 Å². The number of nitro benzene ring substituents is 1. The summed E-state index contributed by atoms with van der Waals surface area (Å²) in [5, 5.41) is 15.5. The molecule has 0 unspecified atom stereocenters. The average Bonchev–Trinajstić information content (AvgIpc) is 3.39. The van der Waals surface area contributed by atoms with E-state index in [4.69, 9.17) is 12.2 Å². The number of pyridine rings is 1. The van der Waals surface area contributed by atoms with E-state index in [-0.39, 0.29) is 22.7 Å². The van der Waals surface area contributed by atoms with Crippen LogP contribution < -0.4 is 5.32 Å². The van der Waals surface area contributed by atoms with Gasteiger partial charge in [0.1, 0.15) is 0 Å². The van der Waals surface area contributed by atoms with E-state index in [0.717, 1.165) is 36.6 Å². The number of non-ortho nitro benzene ring substituents is 1. The molecule has 1 aromatic carbocycles. The average molecular weight is 451 g/mol. The molecule has 1 aliphatic rings. The highest BCUT2D eigenvalue weighted by Crippen LogP contribution is 2.39. The molecule has 2 atom stereocenters. The topological polar surface area (TPSA) is 79.5 Å². The second kappa shape index (κ2) is 9.46. The summed E-state index contributed by atoms with van der Waals surface area (Å²) < 4.78 is 2.00. The number of hydrogen-bond acceptors (Lipinski definition) is 5. The standard InChI is InChI=1S/C23H26N6O2S/c1-26(2)13-7-15-28-22(21(25-23(28)32)19-10-3-4-12-24-19)20-11-6-14-27(20)17-8-5-9-18(16-17)29(30)31/h3-6,8-12,14,16,21-22H,7,13,15H2,1-2H3,(H,25,32)/t21-,22+/m1/s1. The summed E-state index contributed by atoms with van der Waals surface area (Å²) in [6.07, 6.45) is 4.67. The summed E-state index contributed by atoms with van der Waals surface area (Å²) in [7, 11) is 4.12. The van der Waals surface area contributed by atoms with Gasteiger partial charge in [-0.1, -0.05) is 12.1 Å². The Kier molecular flexibility index (Phi) is 6.48. The van der Waals surface area contributed by atoms with Crippen molar-refractivity contribution in [3.63, 3.8) is 0 Å². The number of hydrogen-bond donors (Lipinski definition) is 1. The van der Waals surface area contributed by atoms with Crippen LogP contribution in [-0.2, 0) is 0 Å². The molecule has 1 aliphatic heterocycles. The molecule has 0 saturated carbocycles. The first-order valence-electron chi connectivity index (χ1n) is 10.5. The van der Waals surface area contributed by atoms with Gasteiger partial charge in [0.2, 0.25) is 0 Å². The van der Waals surface area contributed by atoms with Crippen molar-refractivity contribution in [2.24, 2.45) is 0 Å². The van der Waals surface area contributed by atoms with E-state index in [0.29, 0.717) is 5.11 Å². The van der Waals surface area contributed by atoms with Gasteiger partial charge in [0.25, 0.3) is 5.69 Å². The van der Waals surface area contributed by atoms with Crippen LogP contribution in [0.15, 0.2) is 67.0 Å². The molecular formula is C23H26N6O2S. The lowest BCUT2D eigenvalue weighted by molar-refractivity contribution is -0.384. The first-order chi connectivity index (χ1) is 15.5. The Morgan fingerprint density at radius 3 is 2.75 bits per heavy atom. The number of benzene rings is 1. The molecule has 1 saturated heterocycles. The lowest BCUT2D eigenvalue weighted by atomic mass is 10.0. The SMILES string of the molecule is CN(C)CCCN1C(=S)N[C@H](c2ccccn2)[C@@H]1c1cccn1-c1cccc([N+](=O)[O-])c1. The van der Waals surface area contributed by atoms with Crippen molar-refractivity contribution in [2.45, 2.75) is 18.5 Å². The molecule has 1 fully saturated rings. The van der Waals surface area contributed by atoms with Crippen molar-refractivity contribution in [1.82, 2.24) is 24.7 Å². The number of rotatable bonds is 8. The Bertz CT molecular complexity index is 1100. The molecule has 0 amide bonds. The van der Waals surface area contributed by atoms with E-state index in [2.05, 4.69) is 34.2 Å². The van der Waals surface area contributed by atoms with Gasteiger partial charge in [-0.05, 0) is 69.6 Å². The molecule has 3 aromatic rings. The lowest BCUT2D eigenvalue weighted by Gasteiger charge is -2.29. The molecule has 4 rings (SSSR count). The number of thiocarbonyl (C=S) groups is 1. The van der Waals surface area contributed by atoms with Gasteiger partial charge >= 0.3 is 0 Å². The Morgan fingerprint density at radius 2 is 2.03 bits per heavy atom. The largest absolute Gasteiger partial charge is 0.352 e. The number of nitrogens with zero attached hydrogens (tertiary/aromatic N) is 5. The van der Waals surface area contributed by atoms with Crippen LogP contribution in [0.2, 0.25) is 0 Å². The van der Waals surface area contributed by atoms with Crippen LogP contribution in [0.4, 0.5) is 5.69 Å². The molecule has 8 nitrogen and oxygen atoms in total. The molecular weight excluding hydrogens is 424 g/mol. The fraction of sp³-hybridized carbons (Fsp3) is 0.304. The van der Waals surface area contributed by atoms with E-state index >= 15 is 0 Å². The minimum atomic E-state index is -0.372. The first-order valence-corrected chi connectivity index (χ1v) is 10.9. The first kappa shape index (κ1) is 21.9. The molecule has 2 aromatic heterocycles. The summed E-state index contributed by atoms with van der Waals surface area (Å²) in [6, 6.07) is 16.3. The Labute approximate surface area is 192 Å². The van der Waals surface area contributed by atoms with Gasteiger partial charge in [0.15, 0.2) is 5.11 Å². The number of nitrogens with one attached hydrogen (secondary N) is 1. The quantitative estimate of drug-likeness (QED) is 0.318.